The fraction of sp³-hybridized carbons (Fsp3) is 0.455. The molecule has 0 spiro atoms. The number of rotatable bonds is 8. The minimum atomic E-state index is -1.06. The summed E-state index contributed by atoms with van der Waals surface area (Å²) in [7, 11) is 0. The Hall–Kier alpha value is -1.25. The second-order valence-electron chi connectivity index (χ2n) is 3.54. The second-order valence-corrected chi connectivity index (χ2v) is 5.68. The van der Waals surface area contributed by atoms with E-state index < -0.39 is 12.0 Å². The maximum atomic E-state index is 11.5. The van der Waals surface area contributed by atoms with Gasteiger partial charge in [-0.05, 0) is 23.6 Å². The molecule has 0 aliphatic heterocycles. The number of hydrogen-bond donors (Lipinski definition) is 4. The van der Waals surface area contributed by atoms with Gasteiger partial charge in [-0.3, -0.25) is 5.32 Å². The van der Waals surface area contributed by atoms with Crippen molar-refractivity contribution in [3.8, 4) is 0 Å². The Balaban J connectivity index is 2.24. The summed E-state index contributed by atoms with van der Waals surface area (Å²) in [4.78, 5) is 22.4. The molecule has 0 unspecified atom stereocenters. The maximum Gasteiger partial charge on any atom is 0.338 e. The molecule has 0 radical (unpaired) electrons. The summed E-state index contributed by atoms with van der Waals surface area (Å²) in [5.74, 6) is 0.550. The van der Waals surface area contributed by atoms with Crippen molar-refractivity contribution in [1.82, 2.24) is 5.32 Å². The van der Waals surface area contributed by atoms with Crippen molar-refractivity contribution in [2.45, 2.75) is 6.42 Å². The molecule has 106 valence electrons. The summed E-state index contributed by atoms with van der Waals surface area (Å²) < 4.78 is 0. The first kappa shape index (κ1) is 15.8. The number of amides is 2. The largest absolute Gasteiger partial charge is 0.478 e. The third-order valence-electron chi connectivity index (χ3n) is 2.10. The Morgan fingerprint density at radius 2 is 2.16 bits per heavy atom. The van der Waals surface area contributed by atoms with Gasteiger partial charge in [-0.15, -0.1) is 11.3 Å². The molecule has 1 aromatic rings. The van der Waals surface area contributed by atoms with E-state index >= 15 is 0 Å². The lowest BCUT2D eigenvalue weighted by atomic mass is 10.3. The number of carboxylic acids is 1. The number of thiophene rings is 1. The SMILES string of the molecule is O=C(NCCSCCCO)Nc1sccc1C(=O)O. The van der Waals surface area contributed by atoms with E-state index in [1.54, 1.807) is 17.1 Å². The van der Waals surface area contributed by atoms with Crippen molar-refractivity contribution in [2.24, 2.45) is 0 Å². The molecule has 0 saturated heterocycles. The van der Waals surface area contributed by atoms with E-state index in [9.17, 15) is 9.59 Å². The van der Waals surface area contributed by atoms with Gasteiger partial charge in [0.1, 0.15) is 5.00 Å². The highest BCUT2D eigenvalue weighted by Gasteiger charge is 2.13. The Morgan fingerprint density at radius 3 is 2.84 bits per heavy atom. The molecule has 19 heavy (non-hydrogen) atoms. The zero-order valence-electron chi connectivity index (χ0n) is 10.2. The van der Waals surface area contributed by atoms with Gasteiger partial charge in [0.25, 0.3) is 0 Å². The quantitative estimate of drug-likeness (QED) is 0.548. The van der Waals surface area contributed by atoms with E-state index in [0.717, 1.165) is 17.9 Å². The van der Waals surface area contributed by atoms with Crippen molar-refractivity contribution in [1.29, 1.82) is 0 Å². The average molecular weight is 304 g/mol. The zero-order valence-corrected chi connectivity index (χ0v) is 11.9. The van der Waals surface area contributed by atoms with Gasteiger partial charge in [0.05, 0.1) is 5.56 Å². The third kappa shape index (κ3) is 5.95. The summed E-state index contributed by atoms with van der Waals surface area (Å²) in [5, 5.41) is 24.6. The second kappa shape index (κ2) is 8.78. The van der Waals surface area contributed by atoms with Gasteiger partial charge >= 0.3 is 12.0 Å². The highest BCUT2D eigenvalue weighted by molar-refractivity contribution is 7.99. The standard InChI is InChI=1S/C11H16N2O4S2/c14-4-1-5-18-7-3-12-11(17)13-9-8(10(15)16)2-6-19-9/h2,6,14H,1,3-5,7H2,(H,15,16)(H2,12,13,17). The van der Waals surface area contributed by atoms with Gasteiger partial charge in [-0.25, -0.2) is 9.59 Å². The number of urea groups is 1. The van der Waals surface area contributed by atoms with E-state index in [-0.39, 0.29) is 12.2 Å². The van der Waals surface area contributed by atoms with Crippen LogP contribution >= 0.6 is 23.1 Å². The third-order valence-corrected chi connectivity index (χ3v) is 4.00. The minimum absolute atomic E-state index is 0.0949. The van der Waals surface area contributed by atoms with Gasteiger partial charge in [-0.2, -0.15) is 11.8 Å². The molecule has 6 nitrogen and oxygen atoms in total. The molecule has 1 rings (SSSR count). The summed E-state index contributed by atoms with van der Waals surface area (Å²) in [5.41, 5.74) is 0.0949. The molecule has 1 aromatic heterocycles. The zero-order chi connectivity index (χ0) is 14.1. The van der Waals surface area contributed by atoms with Crippen molar-refractivity contribution < 1.29 is 19.8 Å². The van der Waals surface area contributed by atoms with Crippen LogP contribution in [0.25, 0.3) is 0 Å². The summed E-state index contributed by atoms with van der Waals surface area (Å²) >= 11 is 2.81. The molecule has 0 aromatic carbocycles. The summed E-state index contributed by atoms with van der Waals surface area (Å²) in [6.07, 6.45) is 0.744. The van der Waals surface area contributed by atoms with Crippen LogP contribution in [0.2, 0.25) is 0 Å². The van der Waals surface area contributed by atoms with Crippen molar-refractivity contribution >= 4 is 40.1 Å². The number of anilines is 1. The lowest BCUT2D eigenvalue weighted by Gasteiger charge is -2.06. The monoisotopic (exact) mass is 304 g/mol. The normalized spacial score (nSPS) is 10.2. The van der Waals surface area contributed by atoms with Crippen LogP contribution in [0, 0.1) is 0 Å². The number of carbonyl (C=O) groups is 2. The Bertz CT molecular complexity index is 423. The first-order chi connectivity index (χ1) is 9.15. The van der Waals surface area contributed by atoms with Gasteiger partial charge in [-0.1, -0.05) is 0 Å². The predicted octanol–water partition coefficient (Wildman–Crippen LogP) is 1.68. The van der Waals surface area contributed by atoms with E-state index in [0.29, 0.717) is 11.5 Å². The van der Waals surface area contributed by atoms with E-state index in [2.05, 4.69) is 10.6 Å². The van der Waals surface area contributed by atoms with Crippen LogP contribution < -0.4 is 10.6 Å². The van der Waals surface area contributed by atoms with Crippen LogP contribution in [0.4, 0.5) is 9.80 Å². The van der Waals surface area contributed by atoms with Crippen LogP contribution in [0.15, 0.2) is 11.4 Å². The van der Waals surface area contributed by atoms with Crippen molar-refractivity contribution in [3.63, 3.8) is 0 Å². The number of carbonyl (C=O) groups excluding carboxylic acids is 1. The number of hydrogen-bond acceptors (Lipinski definition) is 5. The molecule has 0 fully saturated rings. The Morgan fingerprint density at radius 1 is 1.37 bits per heavy atom. The maximum absolute atomic E-state index is 11.5. The lowest BCUT2D eigenvalue weighted by Crippen LogP contribution is -2.30. The number of carboxylic acid groups (broad SMARTS) is 1. The van der Waals surface area contributed by atoms with E-state index in [1.807, 2.05) is 0 Å². The topological polar surface area (TPSA) is 98.7 Å². The molecule has 0 aliphatic carbocycles. The minimum Gasteiger partial charge on any atom is -0.478 e. The molecule has 2 amide bonds. The van der Waals surface area contributed by atoms with E-state index in [1.165, 1.54) is 17.4 Å². The van der Waals surface area contributed by atoms with Crippen LogP contribution in [0.5, 0.6) is 0 Å². The lowest BCUT2D eigenvalue weighted by molar-refractivity contribution is 0.0698. The number of thioether (sulfide) groups is 1. The number of nitrogens with one attached hydrogen (secondary N) is 2. The Kier molecular flexibility index (Phi) is 7.31. The molecule has 1 heterocycles. The van der Waals surface area contributed by atoms with Crippen LogP contribution in [-0.2, 0) is 0 Å². The molecule has 4 N–H and O–H groups in total. The highest BCUT2D eigenvalue weighted by atomic mass is 32.2. The van der Waals surface area contributed by atoms with Crippen molar-refractivity contribution in [3.05, 3.63) is 17.0 Å². The van der Waals surface area contributed by atoms with Gasteiger partial charge < -0.3 is 15.5 Å². The first-order valence-electron chi connectivity index (χ1n) is 5.69. The molecule has 0 aliphatic rings. The van der Waals surface area contributed by atoms with Crippen molar-refractivity contribution in [2.75, 3.05) is 30.0 Å². The molecular formula is C11H16N2O4S2. The smallest absolute Gasteiger partial charge is 0.338 e. The van der Waals surface area contributed by atoms with Gasteiger partial charge in [0.15, 0.2) is 0 Å². The predicted molar refractivity (Wildman–Crippen MR) is 77.3 cm³/mol. The van der Waals surface area contributed by atoms with Crippen LogP contribution in [-0.4, -0.2) is 46.9 Å². The number of aliphatic hydroxyl groups is 1. The molecular weight excluding hydrogens is 288 g/mol. The Labute approximate surface area is 119 Å². The van der Waals surface area contributed by atoms with Crippen LogP contribution in [0.3, 0.4) is 0 Å². The first-order valence-corrected chi connectivity index (χ1v) is 7.73. The highest BCUT2D eigenvalue weighted by Crippen LogP contribution is 2.22. The fourth-order valence-corrected chi connectivity index (χ4v) is 2.79. The molecule has 8 heteroatoms. The molecule has 0 atom stereocenters. The number of aromatic carboxylic acids is 1. The summed E-state index contributed by atoms with van der Waals surface area (Å²) in [6.45, 7) is 0.674. The van der Waals surface area contributed by atoms with Gasteiger partial charge in [0.2, 0.25) is 0 Å². The average Bonchev–Trinajstić information content (AvgIpc) is 2.81. The van der Waals surface area contributed by atoms with Crippen LogP contribution in [0.1, 0.15) is 16.8 Å². The van der Waals surface area contributed by atoms with E-state index in [4.69, 9.17) is 10.2 Å². The van der Waals surface area contributed by atoms with Gasteiger partial charge in [0, 0.05) is 18.9 Å². The molecule has 0 bridgehead atoms. The number of aliphatic hydroxyl groups excluding tert-OH is 1. The fourth-order valence-electron chi connectivity index (χ4n) is 1.23. The molecule has 0 saturated carbocycles. The summed E-state index contributed by atoms with van der Waals surface area (Å²) in [6, 6.07) is 1.04.